The van der Waals surface area contributed by atoms with Crippen LogP contribution in [0, 0.1) is 18.9 Å². The molecule has 11 aromatic rings. The number of nitrogens with zero attached hydrogens (tertiary/aromatic N) is 11. The van der Waals surface area contributed by atoms with E-state index in [0.717, 1.165) is 147 Å². The first-order chi connectivity index (χ1) is 40.9. The molecule has 22 heteroatoms. The van der Waals surface area contributed by atoms with Crippen molar-refractivity contribution in [1.29, 1.82) is 0 Å². The monoisotopic (exact) mass is 1610 g/mol. The van der Waals surface area contributed by atoms with Crippen LogP contribution in [0.1, 0.15) is 66.2 Å². The smallest absolute Gasteiger partial charge is 0.200 e. The van der Waals surface area contributed by atoms with Crippen molar-refractivity contribution in [2.24, 2.45) is 13.0 Å². The second-order valence-electron chi connectivity index (χ2n) is 21.3. The van der Waals surface area contributed by atoms with Crippen LogP contribution in [-0.2, 0) is 7.05 Å². The number of ether oxygens (including phenoxy) is 3. The topological polar surface area (TPSA) is 134 Å². The van der Waals surface area contributed by atoms with Crippen LogP contribution in [0.2, 0.25) is 5.02 Å². The quantitative estimate of drug-likeness (QED) is 0.146. The van der Waals surface area contributed by atoms with Gasteiger partial charge in [-0.3, -0.25) is 29.0 Å². The highest BCUT2D eigenvalue weighted by Crippen LogP contribution is 2.45. The van der Waals surface area contributed by atoms with Gasteiger partial charge in [-0.25, -0.2) is 4.39 Å². The number of fused-ring (bicyclic) bond motifs is 13. The number of rotatable bonds is 6. The standard InChI is InChI=1S/C24H20FN7OS.C15H15BrINO.C14H13BrN2O.C9H4BrClIN.2CH4/c1-30-11-15(9-27-30)14-7-19(25)23-28-29-24(32(23)12-14)34-17-4-5-20-18(8-17)22-21(10-26-20)31-6-2-3-16(31)13-33-22;16-11-5-6-14-12(7-11)15(13(17)8-18-14)19-9-10-3-1-2-4-10;15-9-3-4-12-11(6-9)14-13(7-16-12)17-5-1-2-10(17)8-18-14;10-5-1-2-8-6(3-5)9(11)7(12)4-13-8;;/h4-5,7-12,16H,2-3,6,13H2,1H3;5-8,10H,1-4,9H2;3-4,6-7,10H,1-2,5,8H2;1-4H;2*1H4/t16-;;10-;;;/m1.1.../s1. The second-order valence-corrected chi connectivity index (χ2v) is 27.8. The molecule has 4 aromatic carbocycles. The molecular formula is C64H60Br3ClFI2N11O3S. The van der Waals surface area contributed by atoms with Crippen LogP contribution < -0.4 is 24.0 Å². The van der Waals surface area contributed by atoms with Gasteiger partial charge >= 0.3 is 0 Å². The van der Waals surface area contributed by atoms with E-state index in [9.17, 15) is 4.39 Å². The Morgan fingerprint density at radius 1 is 0.628 bits per heavy atom. The summed E-state index contributed by atoms with van der Waals surface area (Å²) in [5.74, 6) is 3.18. The molecule has 0 N–H and O–H groups in total. The Bertz CT molecular complexity index is 4300. The summed E-state index contributed by atoms with van der Waals surface area (Å²) in [6, 6.07) is 26.7. The van der Waals surface area contributed by atoms with Crippen LogP contribution >= 0.6 is 116 Å². The number of hydrogen-bond acceptors (Lipinski definition) is 13. The van der Waals surface area contributed by atoms with Crippen molar-refractivity contribution in [3.8, 4) is 28.4 Å². The Kier molecular flexibility index (Phi) is 19.8. The Morgan fingerprint density at radius 2 is 1.17 bits per heavy atom. The molecule has 3 fully saturated rings. The fraction of sp³-hybridized carbons (Fsp3) is 0.297. The van der Waals surface area contributed by atoms with E-state index in [0.29, 0.717) is 29.4 Å². The average molecular weight is 1610 g/mol. The molecule has 0 radical (unpaired) electrons. The molecule has 0 spiro atoms. The number of benzene rings is 4. The van der Waals surface area contributed by atoms with Crippen LogP contribution in [0.3, 0.4) is 0 Å². The van der Waals surface area contributed by atoms with E-state index in [4.69, 9.17) is 25.8 Å². The van der Waals surface area contributed by atoms with Crippen LogP contribution in [0.5, 0.6) is 17.2 Å². The third kappa shape index (κ3) is 13.1. The van der Waals surface area contributed by atoms with Gasteiger partial charge in [-0.1, -0.05) is 87.1 Å². The maximum Gasteiger partial charge on any atom is 0.200 e. The van der Waals surface area contributed by atoms with E-state index in [-0.39, 0.29) is 20.5 Å². The summed E-state index contributed by atoms with van der Waals surface area (Å²) >= 11 is 22.5. The average Bonchev–Trinajstić information content (AvgIpc) is 1.87. The van der Waals surface area contributed by atoms with Gasteiger partial charge in [-0.05, 0) is 180 Å². The SMILES string of the molecule is Brc1ccc2ncc(I)c(OCC3CCCC3)c2c1.Brc1ccc2ncc3c(c2c1)OC[C@H]1CCCN31.C.C.Clc1c(I)cnc2ccc(Br)cc12.Cn1cc(-c2cc(F)c3nnc(Sc4ccc5ncc6c(c5c4)OC[C@H]4CCCN64)n3c2)cn1. The first-order valence-electron chi connectivity index (χ1n) is 27.7. The second kappa shape index (κ2) is 27.3. The highest BCUT2D eigenvalue weighted by molar-refractivity contribution is 14.1. The lowest BCUT2D eigenvalue weighted by Crippen LogP contribution is -2.38. The summed E-state index contributed by atoms with van der Waals surface area (Å²) in [5.41, 5.74) is 7.76. The summed E-state index contributed by atoms with van der Waals surface area (Å²) in [6.45, 7) is 4.51. The van der Waals surface area contributed by atoms with Gasteiger partial charge in [0.05, 0.1) is 82.9 Å². The minimum Gasteiger partial charge on any atom is -0.491 e. The van der Waals surface area contributed by atoms with Crippen LogP contribution in [-0.4, -0.2) is 89.3 Å². The lowest BCUT2D eigenvalue weighted by molar-refractivity contribution is 0.253. The van der Waals surface area contributed by atoms with E-state index >= 15 is 0 Å². The zero-order valence-corrected chi connectivity index (χ0v) is 55.8. The van der Waals surface area contributed by atoms with Crippen LogP contribution in [0.15, 0.2) is 146 Å². The number of anilines is 2. The van der Waals surface area contributed by atoms with Crippen molar-refractivity contribution in [2.75, 3.05) is 42.7 Å². The molecule has 5 aliphatic rings. The Hall–Kier alpha value is -5.18. The largest absolute Gasteiger partial charge is 0.491 e. The van der Waals surface area contributed by atoms with Crippen LogP contribution in [0.25, 0.3) is 60.4 Å². The molecule has 7 aromatic heterocycles. The number of aryl methyl sites for hydroxylation is 1. The molecule has 2 atom stereocenters. The third-order valence-corrected chi connectivity index (χ3v) is 20.6. The Morgan fingerprint density at radius 3 is 1.79 bits per heavy atom. The molecule has 16 rings (SSSR count). The number of aromatic nitrogens is 9. The molecule has 0 unspecified atom stereocenters. The first kappa shape index (κ1) is 62.4. The molecule has 11 heterocycles. The summed E-state index contributed by atoms with van der Waals surface area (Å²) in [6.07, 6.45) is 23.1. The van der Waals surface area contributed by atoms with Crippen molar-refractivity contribution in [1.82, 2.24) is 44.3 Å². The zero-order valence-electron chi connectivity index (χ0n) is 45.2. The number of hydrogen-bond donors (Lipinski definition) is 0. The summed E-state index contributed by atoms with van der Waals surface area (Å²) in [7, 11) is 1.83. The Labute approximate surface area is 560 Å². The zero-order chi connectivity index (χ0) is 57.6. The van der Waals surface area contributed by atoms with E-state index in [1.165, 1.54) is 62.8 Å². The molecule has 86 heavy (non-hydrogen) atoms. The summed E-state index contributed by atoms with van der Waals surface area (Å²) < 4.78 is 41.7. The fourth-order valence-corrected chi connectivity index (χ4v) is 14.8. The van der Waals surface area contributed by atoms with E-state index in [2.05, 4.69) is 156 Å². The van der Waals surface area contributed by atoms with Gasteiger partial charge in [0.25, 0.3) is 0 Å². The molecule has 0 amide bonds. The van der Waals surface area contributed by atoms with Crippen molar-refractivity contribution in [2.45, 2.75) is 88.4 Å². The highest BCUT2D eigenvalue weighted by Gasteiger charge is 2.34. The maximum atomic E-state index is 14.8. The van der Waals surface area contributed by atoms with Gasteiger partial charge in [0.15, 0.2) is 23.0 Å². The predicted octanol–water partition coefficient (Wildman–Crippen LogP) is 18.4. The lowest BCUT2D eigenvalue weighted by Gasteiger charge is -2.33. The minimum absolute atomic E-state index is 0. The summed E-state index contributed by atoms with van der Waals surface area (Å²) in [4.78, 5) is 23.8. The molecular weight excluding hydrogens is 1550 g/mol. The molecule has 1 aliphatic carbocycles. The normalized spacial score (nSPS) is 16.5. The first-order valence-corrected chi connectivity index (χ1v) is 33.4. The van der Waals surface area contributed by atoms with Crippen molar-refractivity contribution in [3.05, 3.63) is 154 Å². The fourth-order valence-electron chi connectivity index (χ4n) is 11.6. The number of halogens is 7. The minimum atomic E-state index is -0.425. The van der Waals surface area contributed by atoms with E-state index in [1.807, 2.05) is 92.6 Å². The molecule has 444 valence electrons. The Balaban J connectivity index is 0.000000127. The highest BCUT2D eigenvalue weighted by atomic mass is 127. The van der Waals surface area contributed by atoms with Gasteiger partial charge in [0.1, 0.15) is 19.0 Å². The van der Waals surface area contributed by atoms with Gasteiger partial charge < -0.3 is 24.0 Å². The molecule has 14 nitrogen and oxygen atoms in total. The van der Waals surface area contributed by atoms with Gasteiger partial charge in [0.2, 0.25) is 5.16 Å². The third-order valence-electron chi connectivity index (χ3n) is 15.8. The van der Waals surface area contributed by atoms with Gasteiger partial charge in [-0.15, -0.1) is 10.2 Å². The lowest BCUT2D eigenvalue weighted by atomic mass is 10.1. The number of pyridine rings is 5. The van der Waals surface area contributed by atoms with Gasteiger partial charge in [-0.2, -0.15) is 5.10 Å². The predicted molar refractivity (Wildman–Crippen MR) is 372 cm³/mol. The maximum absolute atomic E-state index is 14.8. The molecule has 2 saturated heterocycles. The molecule has 0 bridgehead atoms. The van der Waals surface area contributed by atoms with Gasteiger partial charge in [0, 0.05) is 95.9 Å². The molecule has 4 aliphatic heterocycles. The molecule has 1 saturated carbocycles. The van der Waals surface area contributed by atoms with E-state index < -0.39 is 5.82 Å². The van der Waals surface area contributed by atoms with E-state index in [1.54, 1.807) is 21.5 Å². The van der Waals surface area contributed by atoms with Crippen molar-refractivity contribution in [3.63, 3.8) is 0 Å². The van der Waals surface area contributed by atoms with Crippen molar-refractivity contribution >= 4 is 177 Å². The van der Waals surface area contributed by atoms with Crippen molar-refractivity contribution < 1.29 is 18.6 Å². The van der Waals surface area contributed by atoms with Crippen LogP contribution in [0.4, 0.5) is 15.8 Å². The summed E-state index contributed by atoms with van der Waals surface area (Å²) in [5, 5.41) is 18.0.